The molecule has 1 unspecified atom stereocenters. The molecule has 0 aromatic carbocycles. The first-order valence-electron chi connectivity index (χ1n) is 5.68. The lowest BCUT2D eigenvalue weighted by Gasteiger charge is -2.20. The van der Waals surface area contributed by atoms with Crippen LogP contribution in [0.2, 0.25) is 0 Å². The lowest BCUT2D eigenvalue weighted by atomic mass is 10.1. The van der Waals surface area contributed by atoms with Crippen LogP contribution in [0.4, 0.5) is 0 Å². The van der Waals surface area contributed by atoms with E-state index in [9.17, 15) is 4.79 Å². The highest BCUT2D eigenvalue weighted by atomic mass is 16.3. The lowest BCUT2D eigenvalue weighted by molar-refractivity contribution is -0.127. The fourth-order valence-corrected chi connectivity index (χ4v) is 2.14. The van der Waals surface area contributed by atoms with Crippen LogP contribution in [0, 0.1) is 5.92 Å². The first-order valence-corrected chi connectivity index (χ1v) is 5.68. The number of amides is 1. The van der Waals surface area contributed by atoms with Gasteiger partial charge in [-0.25, -0.2) is 0 Å². The zero-order valence-electron chi connectivity index (χ0n) is 9.78. The summed E-state index contributed by atoms with van der Waals surface area (Å²) in [6.45, 7) is 5.68. The van der Waals surface area contributed by atoms with E-state index >= 15 is 0 Å². The van der Waals surface area contributed by atoms with E-state index in [2.05, 4.69) is 11.9 Å². The minimum absolute atomic E-state index is 0.190. The van der Waals surface area contributed by atoms with Gasteiger partial charge in [0, 0.05) is 39.7 Å². The summed E-state index contributed by atoms with van der Waals surface area (Å²) in [4.78, 5) is 15.3. The van der Waals surface area contributed by atoms with Crippen LogP contribution in [0.25, 0.3) is 0 Å². The van der Waals surface area contributed by atoms with Crippen molar-refractivity contribution in [1.29, 1.82) is 0 Å². The van der Waals surface area contributed by atoms with Crippen molar-refractivity contribution in [3.8, 4) is 0 Å². The van der Waals surface area contributed by atoms with Crippen molar-refractivity contribution >= 4 is 5.91 Å². The Labute approximate surface area is 91.9 Å². The second-order valence-electron chi connectivity index (χ2n) is 4.46. The number of carbonyl (C=O) groups is 1. The van der Waals surface area contributed by atoms with Crippen molar-refractivity contribution in [2.45, 2.75) is 19.8 Å². The van der Waals surface area contributed by atoms with E-state index in [0.717, 1.165) is 39.0 Å². The molecule has 0 saturated carbocycles. The molecule has 1 saturated heterocycles. The molecule has 88 valence electrons. The predicted molar refractivity (Wildman–Crippen MR) is 59.6 cm³/mol. The van der Waals surface area contributed by atoms with Crippen LogP contribution in [-0.4, -0.2) is 60.6 Å². The highest BCUT2D eigenvalue weighted by Crippen LogP contribution is 2.16. The van der Waals surface area contributed by atoms with Crippen LogP contribution in [0.3, 0.4) is 0 Å². The first-order chi connectivity index (χ1) is 7.13. The normalized spacial score (nSPS) is 21.3. The molecule has 1 aliphatic rings. The van der Waals surface area contributed by atoms with Gasteiger partial charge in [-0.05, 0) is 25.8 Å². The van der Waals surface area contributed by atoms with Crippen LogP contribution in [0.15, 0.2) is 0 Å². The van der Waals surface area contributed by atoms with E-state index in [-0.39, 0.29) is 12.5 Å². The number of rotatable bonds is 5. The molecule has 0 bridgehead atoms. The summed E-state index contributed by atoms with van der Waals surface area (Å²) >= 11 is 0. The Morgan fingerprint density at radius 2 is 2.33 bits per heavy atom. The Morgan fingerprint density at radius 3 is 2.87 bits per heavy atom. The third-order valence-corrected chi connectivity index (χ3v) is 3.00. The number of likely N-dealkylation sites (tertiary alicyclic amines) is 1. The average Bonchev–Trinajstić information content (AvgIpc) is 2.63. The molecule has 1 N–H and O–H groups in total. The smallest absolute Gasteiger partial charge is 0.219 e. The quantitative estimate of drug-likeness (QED) is 0.709. The molecule has 1 amide bonds. The highest BCUT2D eigenvalue weighted by Gasteiger charge is 2.24. The third kappa shape index (κ3) is 4.18. The van der Waals surface area contributed by atoms with Gasteiger partial charge in [0.15, 0.2) is 0 Å². The summed E-state index contributed by atoms with van der Waals surface area (Å²) in [6, 6.07) is 0. The van der Waals surface area contributed by atoms with Crippen molar-refractivity contribution in [3.63, 3.8) is 0 Å². The van der Waals surface area contributed by atoms with Crippen molar-refractivity contribution in [3.05, 3.63) is 0 Å². The molecule has 0 aromatic heterocycles. The fourth-order valence-electron chi connectivity index (χ4n) is 2.14. The average molecular weight is 214 g/mol. The third-order valence-electron chi connectivity index (χ3n) is 3.00. The number of hydrogen-bond donors (Lipinski definition) is 1. The lowest BCUT2D eigenvalue weighted by Crippen LogP contribution is -2.31. The molecule has 15 heavy (non-hydrogen) atoms. The Balaban J connectivity index is 2.20. The van der Waals surface area contributed by atoms with Crippen LogP contribution >= 0.6 is 0 Å². The van der Waals surface area contributed by atoms with Crippen molar-refractivity contribution < 1.29 is 9.90 Å². The zero-order chi connectivity index (χ0) is 11.3. The molecule has 4 heteroatoms. The summed E-state index contributed by atoms with van der Waals surface area (Å²) in [5, 5.41) is 8.71. The largest absolute Gasteiger partial charge is 0.396 e. The van der Waals surface area contributed by atoms with Gasteiger partial charge in [-0.15, -0.1) is 0 Å². The summed E-state index contributed by atoms with van der Waals surface area (Å²) in [6.07, 6.45) is 1.95. The number of aliphatic hydroxyl groups excluding tert-OH is 1. The monoisotopic (exact) mass is 214 g/mol. The van der Waals surface area contributed by atoms with Crippen LogP contribution in [-0.2, 0) is 4.79 Å². The van der Waals surface area contributed by atoms with Gasteiger partial charge in [0.05, 0.1) is 0 Å². The van der Waals surface area contributed by atoms with Gasteiger partial charge in [0.2, 0.25) is 5.91 Å². The van der Waals surface area contributed by atoms with E-state index in [1.165, 1.54) is 0 Å². The van der Waals surface area contributed by atoms with Gasteiger partial charge in [0.1, 0.15) is 0 Å². The summed E-state index contributed by atoms with van der Waals surface area (Å²) in [7, 11) is 2.08. The Kier molecular flexibility index (Phi) is 5.05. The summed E-state index contributed by atoms with van der Waals surface area (Å²) in [5.41, 5.74) is 0. The highest BCUT2D eigenvalue weighted by molar-refractivity contribution is 5.73. The molecule has 0 aromatic rings. The summed E-state index contributed by atoms with van der Waals surface area (Å²) in [5.74, 6) is 0.799. The SMILES string of the molecule is CC(=O)N1CCC(CN(C)CCCO)C1. The minimum Gasteiger partial charge on any atom is -0.396 e. The second-order valence-corrected chi connectivity index (χ2v) is 4.46. The maximum atomic E-state index is 11.1. The molecular weight excluding hydrogens is 192 g/mol. The maximum Gasteiger partial charge on any atom is 0.219 e. The molecule has 1 atom stereocenters. The van der Waals surface area contributed by atoms with Crippen LogP contribution < -0.4 is 0 Å². The van der Waals surface area contributed by atoms with Crippen molar-refractivity contribution in [2.75, 3.05) is 39.8 Å². The second kappa shape index (κ2) is 6.08. The number of hydrogen-bond acceptors (Lipinski definition) is 3. The topological polar surface area (TPSA) is 43.8 Å². The van der Waals surface area contributed by atoms with E-state index in [1.54, 1.807) is 6.92 Å². The molecule has 1 fully saturated rings. The maximum absolute atomic E-state index is 11.1. The Bertz CT molecular complexity index is 209. The van der Waals surface area contributed by atoms with Gasteiger partial charge >= 0.3 is 0 Å². The minimum atomic E-state index is 0.190. The predicted octanol–water partition coefficient (Wildman–Crippen LogP) is 0.169. The van der Waals surface area contributed by atoms with Crippen molar-refractivity contribution in [2.24, 2.45) is 5.92 Å². The Morgan fingerprint density at radius 1 is 1.60 bits per heavy atom. The van der Waals surface area contributed by atoms with Gasteiger partial charge in [0.25, 0.3) is 0 Å². The van der Waals surface area contributed by atoms with Gasteiger partial charge in [-0.2, -0.15) is 0 Å². The number of carbonyl (C=O) groups excluding carboxylic acids is 1. The molecule has 0 aliphatic carbocycles. The first kappa shape index (κ1) is 12.5. The molecule has 0 spiro atoms. The molecule has 1 rings (SSSR count). The molecule has 1 heterocycles. The summed E-state index contributed by atoms with van der Waals surface area (Å²) < 4.78 is 0. The van der Waals surface area contributed by atoms with E-state index in [0.29, 0.717) is 5.92 Å². The molecular formula is C11H22N2O2. The van der Waals surface area contributed by atoms with Gasteiger partial charge in [-0.3, -0.25) is 4.79 Å². The molecule has 4 nitrogen and oxygen atoms in total. The Hall–Kier alpha value is -0.610. The van der Waals surface area contributed by atoms with E-state index in [1.807, 2.05) is 4.90 Å². The van der Waals surface area contributed by atoms with Crippen LogP contribution in [0.5, 0.6) is 0 Å². The van der Waals surface area contributed by atoms with E-state index in [4.69, 9.17) is 5.11 Å². The number of aliphatic hydroxyl groups is 1. The van der Waals surface area contributed by atoms with Crippen molar-refractivity contribution in [1.82, 2.24) is 9.80 Å². The van der Waals surface area contributed by atoms with Gasteiger partial charge in [-0.1, -0.05) is 0 Å². The van der Waals surface area contributed by atoms with Crippen LogP contribution in [0.1, 0.15) is 19.8 Å². The van der Waals surface area contributed by atoms with Gasteiger partial charge < -0.3 is 14.9 Å². The standard InChI is InChI=1S/C11H22N2O2/c1-10(15)13-6-4-11(9-13)8-12(2)5-3-7-14/h11,14H,3-9H2,1-2H3. The fraction of sp³-hybridized carbons (Fsp3) is 0.909. The molecule has 0 radical (unpaired) electrons. The molecule has 1 aliphatic heterocycles. The number of nitrogens with zero attached hydrogens (tertiary/aromatic N) is 2. The van der Waals surface area contributed by atoms with E-state index < -0.39 is 0 Å². The zero-order valence-corrected chi connectivity index (χ0v) is 9.78.